The molecule has 1 saturated heterocycles. The molecule has 0 radical (unpaired) electrons. The molecule has 2 rings (SSSR count). The number of piperidine rings is 1. The molecule has 2 N–H and O–H groups in total. The predicted molar refractivity (Wildman–Crippen MR) is 76.4 cm³/mol. The number of hydrogen-bond donors (Lipinski definition) is 1. The van der Waals surface area contributed by atoms with Crippen molar-refractivity contribution in [2.75, 3.05) is 6.54 Å². The number of nitrogens with zero attached hydrogens (tertiary/aromatic N) is 2. The van der Waals surface area contributed by atoms with Gasteiger partial charge in [-0.15, -0.1) is 0 Å². The van der Waals surface area contributed by atoms with Crippen molar-refractivity contribution in [1.82, 2.24) is 4.31 Å². The van der Waals surface area contributed by atoms with Gasteiger partial charge in [-0.3, -0.25) is 0 Å². The van der Waals surface area contributed by atoms with E-state index in [1.807, 2.05) is 13.0 Å². The molecule has 0 amide bonds. The highest BCUT2D eigenvalue weighted by Gasteiger charge is 2.35. The average Bonchev–Trinajstić information content (AvgIpc) is 2.41. The Kier molecular flexibility index (Phi) is 4.35. The summed E-state index contributed by atoms with van der Waals surface area (Å²) < 4.78 is 26.5. The van der Waals surface area contributed by atoms with Crippen molar-refractivity contribution in [2.24, 2.45) is 11.7 Å². The molecule has 1 aromatic carbocycles. The van der Waals surface area contributed by atoms with Crippen molar-refractivity contribution in [3.8, 4) is 6.07 Å². The highest BCUT2D eigenvalue weighted by atomic mass is 35.5. The largest absolute Gasteiger partial charge is 0.315 e. The van der Waals surface area contributed by atoms with Crippen LogP contribution in [0.25, 0.3) is 0 Å². The van der Waals surface area contributed by atoms with Gasteiger partial charge in [-0.05, 0) is 37.0 Å². The van der Waals surface area contributed by atoms with Crippen LogP contribution < -0.4 is 5.73 Å². The molecule has 1 aliphatic heterocycles. The molecule has 5 nitrogen and oxygen atoms in total. The minimum atomic E-state index is -3.68. The van der Waals surface area contributed by atoms with Crippen molar-refractivity contribution in [2.45, 2.75) is 30.8 Å². The fourth-order valence-electron chi connectivity index (χ4n) is 2.34. The van der Waals surface area contributed by atoms with Gasteiger partial charge in [0.2, 0.25) is 10.0 Å². The normalized spacial score (nSPS) is 24.3. The van der Waals surface area contributed by atoms with Gasteiger partial charge < -0.3 is 5.73 Å². The van der Waals surface area contributed by atoms with Crippen molar-refractivity contribution >= 4 is 21.6 Å². The number of hydrogen-bond acceptors (Lipinski definition) is 4. The first-order valence-corrected chi connectivity index (χ1v) is 8.17. The van der Waals surface area contributed by atoms with Crippen molar-refractivity contribution in [3.63, 3.8) is 0 Å². The van der Waals surface area contributed by atoms with Gasteiger partial charge in [-0.25, -0.2) is 8.42 Å². The van der Waals surface area contributed by atoms with Crippen LogP contribution in [0.5, 0.6) is 0 Å². The predicted octanol–water partition coefficient (Wildman–Crippen LogP) is 1.92. The molecule has 20 heavy (non-hydrogen) atoms. The Morgan fingerprint density at radius 3 is 2.80 bits per heavy atom. The quantitative estimate of drug-likeness (QED) is 0.903. The summed E-state index contributed by atoms with van der Waals surface area (Å²) in [7, 11) is -3.68. The number of sulfonamides is 1. The van der Waals surface area contributed by atoms with E-state index in [9.17, 15) is 8.42 Å². The van der Waals surface area contributed by atoms with Crippen LogP contribution in [0.1, 0.15) is 25.3 Å². The maximum atomic E-state index is 12.6. The number of nitrogens with two attached hydrogens (primary N) is 1. The third-order valence-corrected chi connectivity index (χ3v) is 5.83. The molecule has 2 unspecified atom stereocenters. The highest BCUT2D eigenvalue weighted by molar-refractivity contribution is 7.89. The van der Waals surface area contributed by atoms with Crippen LogP contribution in [-0.4, -0.2) is 25.4 Å². The molecular weight excluding hydrogens is 298 g/mol. The minimum absolute atomic E-state index is 0.0750. The number of nitriles is 1. The summed E-state index contributed by atoms with van der Waals surface area (Å²) in [5.74, 6) is 0.118. The molecule has 0 aromatic heterocycles. The Bertz CT molecular complexity index is 654. The summed E-state index contributed by atoms with van der Waals surface area (Å²) in [6.07, 6.45) is 1.18. The standard InChI is InChI=1S/C13H16ClN3O2S/c1-9-3-2-6-17(13(9)16)20(18,19)11-5-4-10(8-15)12(14)7-11/h4-5,7,9,13H,2-3,6,16H2,1H3. The summed E-state index contributed by atoms with van der Waals surface area (Å²) in [6.45, 7) is 2.35. The molecule has 1 fully saturated rings. The van der Waals surface area contributed by atoms with Gasteiger partial charge in [0.15, 0.2) is 0 Å². The van der Waals surface area contributed by atoms with Crippen LogP contribution in [0.3, 0.4) is 0 Å². The van der Waals surface area contributed by atoms with Gasteiger partial charge in [0.05, 0.1) is 21.6 Å². The highest BCUT2D eigenvalue weighted by Crippen LogP contribution is 2.28. The summed E-state index contributed by atoms with van der Waals surface area (Å²) in [5, 5.41) is 8.95. The topological polar surface area (TPSA) is 87.2 Å². The third kappa shape index (κ3) is 2.67. The van der Waals surface area contributed by atoms with Crippen molar-refractivity contribution in [1.29, 1.82) is 5.26 Å². The Hall–Kier alpha value is -1.13. The summed E-state index contributed by atoms with van der Waals surface area (Å²) in [5.41, 5.74) is 6.25. The molecule has 1 heterocycles. The minimum Gasteiger partial charge on any atom is -0.315 e. The maximum Gasteiger partial charge on any atom is 0.244 e. The van der Waals surface area contributed by atoms with Crippen molar-refractivity contribution in [3.05, 3.63) is 28.8 Å². The summed E-state index contributed by atoms with van der Waals surface area (Å²) in [6, 6.07) is 6.02. The van der Waals surface area contributed by atoms with Gasteiger partial charge in [-0.2, -0.15) is 9.57 Å². The van der Waals surface area contributed by atoms with E-state index in [0.717, 1.165) is 12.8 Å². The Morgan fingerprint density at radius 1 is 1.50 bits per heavy atom. The molecule has 1 aliphatic rings. The fourth-order valence-corrected chi connectivity index (χ4v) is 4.30. The van der Waals surface area contributed by atoms with Crippen LogP contribution in [0, 0.1) is 17.2 Å². The zero-order chi connectivity index (χ0) is 14.9. The van der Waals surface area contributed by atoms with E-state index in [1.54, 1.807) is 0 Å². The second-order valence-corrected chi connectivity index (χ2v) is 7.28. The van der Waals surface area contributed by atoms with E-state index in [-0.39, 0.29) is 21.4 Å². The van der Waals surface area contributed by atoms with E-state index in [1.165, 1.54) is 22.5 Å². The van der Waals surface area contributed by atoms with Gasteiger partial charge >= 0.3 is 0 Å². The molecule has 0 saturated carbocycles. The van der Waals surface area contributed by atoms with Gasteiger partial charge in [0.25, 0.3) is 0 Å². The first-order valence-electron chi connectivity index (χ1n) is 6.35. The van der Waals surface area contributed by atoms with E-state index in [2.05, 4.69) is 0 Å². The lowest BCUT2D eigenvalue weighted by Gasteiger charge is -2.36. The molecule has 108 valence electrons. The van der Waals surface area contributed by atoms with Gasteiger partial charge in [-0.1, -0.05) is 18.5 Å². The van der Waals surface area contributed by atoms with Crippen LogP contribution >= 0.6 is 11.6 Å². The first-order chi connectivity index (χ1) is 9.37. The lowest BCUT2D eigenvalue weighted by Crippen LogP contribution is -2.52. The van der Waals surface area contributed by atoms with E-state index < -0.39 is 16.2 Å². The molecule has 2 atom stereocenters. The zero-order valence-electron chi connectivity index (χ0n) is 11.1. The van der Waals surface area contributed by atoms with Crippen LogP contribution in [0.2, 0.25) is 5.02 Å². The zero-order valence-corrected chi connectivity index (χ0v) is 12.7. The van der Waals surface area contributed by atoms with Gasteiger partial charge in [0.1, 0.15) is 6.07 Å². The molecule has 0 spiro atoms. The summed E-state index contributed by atoms with van der Waals surface area (Å²) >= 11 is 5.90. The van der Waals surface area contributed by atoms with Crippen LogP contribution in [-0.2, 0) is 10.0 Å². The number of benzene rings is 1. The number of halogens is 1. The molecule has 0 aliphatic carbocycles. The van der Waals surface area contributed by atoms with Crippen LogP contribution in [0.4, 0.5) is 0 Å². The second kappa shape index (κ2) is 5.70. The SMILES string of the molecule is CC1CCCN(S(=O)(=O)c2ccc(C#N)c(Cl)c2)C1N. The van der Waals surface area contributed by atoms with E-state index >= 15 is 0 Å². The second-order valence-electron chi connectivity index (χ2n) is 4.98. The lowest BCUT2D eigenvalue weighted by molar-refractivity contribution is 0.192. The monoisotopic (exact) mass is 313 g/mol. The summed E-state index contributed by atoms with van der Waals surface area (Å²) in [4.78, 5) is 0.0750. The molecule has 7 heteroatoms. The maximum absolute atomic E-state index is 12.6. The Morgan fingerprint density at radius 2 is 2.20 bits per heavy atom. The first kappa shape index (κ1) is 15.3. The lowest BCUT2D eigenvalue weighted by atomic mass is 9.99. The molecule has 0 bridgehead atoms. The van der Waals surface area contributed by atoms with Gasteiger partial charge in [0, 0.05) is 6.54 Å². The molecule has 1 aromatic rings. The third-order valence-electron chi connectivity index (χ3n) is 3.62. The van der Waals surface area contributed by atoms with Crippen molar-refractivity contribution < 1.29 is 8.42 Å². The Labute approximate surface area is 124 Å². The molecular formula is C13H16ClN3O2S. The average molecular weight is 314 g/mol. The van der Waals surface area contributed by atoms with Crippen LogP contribution in [0.15, 0.2) is 23.1 Å². The Balaban J connectivity index is 2.40. The van der Waals surface area contributed by atoms with E-state index in [0.29, 0.717) is 6.54 Å². The van der Waals surface area contributed by atoms with E-state index in [4.69, 9.17) is 22.6 Å². The fraction of sp³-hybridized carbons (Fsp3) is 0.462. The smallest absolute Gasteiger partial charge is 0.244 e. The number of rotatable bonds is 2.